The molecule has 2 aromatic rings. The molecule has 2 unspecified atom stereocenters. The Labute approximate surface area is 182 Å². The first-order chi connectivity index (χ1) is 14.3. The highest BCUT2D eigenvalue weighted by molar-refractivity contribution is 7.99. The number of aromatic amines is 1. The van der Waals surface area contributed by atoms with E-state index in [4.69, 9.17) is 4.74 Å². The molecule has 30 heavy (non-hydrogen) atoms. The van der Waals surface area contributed by atoms with Crippen LogP contribution < -0.4 is 11.0 Å². The smallest absolute Gasteiger partial charge is 0.344 e. The molecule has 2 N–H and O–H groups in total. The van der Waals surface area contributed by atoms with Gasteiger partial charge in [-0.15, -0.1) is 5.10 Å². The first kappa shape index (κ1) is 22.6. The standard InChI is InChI=1S/C22H32N4O3S/c1-14(2)16-7-9-17(10-8-16)20(15(3)4)23-19(27)13-30-22-25-24-21(28)26(22)12-18-6-5-11-29-18/h7-10,14-15,18,20H,5-6,11-13H2,1-4H3,(H,23,27)(H,24,28). The number of hydrogen-bond donors (Lipinski definition) is 2. The molecule has 0 radical (unpaired) electrons. The highest BCUT2D eigenvalue weighted by Crippen LogP contribution is 2.25. The van der Waals surface area contributed by atoms with Gasteiger partial charge in [-0.05, 0) is 35.8 Å². The summed E-state index contributed by atoms with van der Waals surface area (Å²) in [7, 11) is 0. The Balaban J connectivity index is 1.60. The molecule has 1 aromatic carbocycles. The van der Waals surface area contributed by atoms with Crippen LogP contribution in [0.2, 0.25) is 0 Å². The molecule has 2 heterocycles. The van der Waals surface area contributed by atoms with Gasteiger partial charge < -0.3 is 10.1 Å². The number of ether oxygens (including phenoxy) is 1. The van der Waals surface area contributed by atoms with E-state index in [1.54, 1.807) is 4.57 Å². The summed E-state index contributed by atoms with van der Waals surface area (Å²) in [5.41, 5.74) is 2.12. The first-order valence-corrected chi connectivity index (χ1v) is 11.6. The predicted molar refractivity (Wildman–Crippen MR) is 119 cm³/mol. The van der Waals surface area contributed by atoms with Crippen molar-refractivity contribution in [3.05, 3.63) is 45.9 Å². The number of aromatic nitrogens is 3. The molecule has 0 bridgehead atoms. The topological polar surface area (TPSA) is 89.0 Å². The third-order valence-electron chi connectivity index (χ3n) is 5.41. The van der Waals surface area contributed by atoms with Crippen molar-refractivity contribution < 1.29 is 9.53 Å². The van der Waals surface area contributed by atoms with E-state index in [2.05, 4.69) is 67.5 Å². The highest BCUT2D eigenvalue weighted by atomic mass is 32.2. The SMILES string of the molecule is CC(C)c1ccc(C(NC(=O)CSc2n[nH]c(=O)n2CC2CCCO2)C(C)C)cc1. The van der Waals surface area contributed by atoms with Crippen LogP contribution in [0.3, 0.4) is 0 Å². The zero-order valence-electron chi connectivity index (χ0n) is 18.2. The van der Waals surface area contributed by atoms with E-state index in [-0.39, 0.29) is 35.4 Å². The number of hydrogen-bond acceptors (Lipinski definition) is 5. The fourth-order valence-corrected chi connectivity index (χ4v) is 4.40. The molecule has 2 atom stereocenters. The van der Waals surface area contributed by atoms with Crippen LogP contribution in [0.4, 0.5) is 0 Å². The number of carbonyl (C=O) groups is 1. The van der Waals surface area contributed by atoms with E-state index in [0.29, 0.717) is 17.6 Å². The van der Waals surface area contributed by atoms with E-state index in [1.165, 1.54) is 17.3 Å². The van der Waals surface area contributed by atoms with Crippen LogP contribution in [0.5, 0.6) is 0 Å². The average Bonchev–Trinajstić information content (AvgIpc) is 3.35. The number of rotatable bonds is 9. The zero-order chi connectivity index (χ0) is 21.7. The molecular weight excluding hydrogens is 400 g/mol. The van der Waals surface area contributed by atoms with Crippen LogP contribution in [-0.4, -0.2) is 39.1 Å². The molecule has 1 saturated heterocycles. The van der Waals surface area contributed by atoms with Gasteiger partial charge in [0.15, 0.2) is 5.16 Å². The molecule has 1 aliphatic heterocycles. The average molecular weight is 433 g/mol. The van der Waals surface area contributed by atoms with Gasteiger partial charge in [0.1, 0.15) is 0 Å². The van der Waals surface area contributed by atoms with Crippen molar-refractivity contribution in [2.45, 2.75) is 70.3 Å². The number of benzene rings is 1. The van der Waals surface area contributed by atoms with Crippen molar-refractivity contribution in [3.63, 3.8) is 0 Å². The van der Waals surface area contributed by atoms with Crippen molar-refractivity contribution in [3.8, 4) is 0 Å². The number of nitrogens with one attached hydrogen (secondary N) is 2. The molecule has 7 nitrogen and oxygen atoms in total. The summed E-state index contributed by atoms with van der Waals surface area (Å²) in [6, 6.07) is 8.39. The fourth-order valence-electron chi connectivity index (χ4n) is 3.63. The number of carbonyl (C=O) groups excluding carboxylic acids is 1. The van der Waals surface area contributed by atoms with E-state index >= 15 is 0 Å². The van der Waals surface area contributed by atoms with Gasteiger partial charge >= 0.3 is 5.69 Å². The van der Waals surface area contributed by atoms with E-state index in [9.17, 15) is 9.59 Å². The maximum absolute atomic E-state index is 12.7. The van der Waals surface area contributed by atoms with Crippen molar-refractivity contribution in [1.29, 1.82) is 0 Å². The van der Waals surface area contributed by atoms with Crippen LogP contribution in [0, 0.1) is 5.92 Å². The number of nitrogens with zero attached hydrogens (tertiary/aromatic N) is 2. The lowest BCUT2D eigenvalue weighted by atomic mass is 9.93. The molecule has 1 aliphatic rings. The minimum atomic E-state index is -0.265. The Morgan fingerprint density at radius 1 is 1.27 bits per heavy atom. The number of amides is 1. The van der Waals surface area contributed by atoms with E-state index < -0.39 is 0 Å². The van der Waals surface area contributed by atoms with Crippen LogP contribution in [-0.2, 0) is 16.1 Å². The minimum Gasteiger partial charge on any atom is -0.376 e. The quantitative estimate of drug-likeness (QED) is 0.592. The molecule has 1 amide bonds. The lowest BCUT2D eigenvalue weighted by Crippen LogP contribution is -2.33. The lowest BCUT2D eigenvalue weighted by molar-refractivity contribution is -0.119. The Morgan fingerprint density at radius 2 is 1.97 bits per heavy atom. The molecule has 0 aliphatic carbocycles. The van der Waals surface area contributed by atoms with Crippen LogP contribution in [0.1, 0.15) is 63.6 Å². The second kappa shape index (κ2) is 10.3. The molecule has 0 spiro atoms. The van der Waals surface area contributed by atoms with Crippen molar-refractivity contribution in [2.75, 3.05) is 12.4 Å². The maximum atomic E-state index is 12.7. The second-order valence-corrected chi connectivity index (χ2v) is 9.40. The third-order valence-corrected chi connectivity index (χ3v) is 6.39. The second-order valence-electron chi connectivity index (χ2n) is 8.46. The molecule has 3 rings (SSSR count). The highest BCUT2D eigenvalue weighted by Gasteiger charge is 2.22. The van der Waals surface area contributed by atoms with Crippen LogP contribution in [0.25, 0.3) is 0 Å². The normalized spacial score (nSPS) is 17.6. The lowest BCUT2D eigenvalue weighted by Gasteiger charge is -2.23. The fraction of sp³-hybridized carbons (Fsp3) is 0.591. The third kappa shape index (κ3) is 5.76. The van der Waals surface area contributed by atoms with Gasteiger partial charge in [-0.3, -0.25) is 9.36 Å². The summed E-state index contributed by atoms with van der Waals surface area (Å²) in [4.78, 5) is 24.7. The molecule has 164 valence electrons. The largest absolute Gasteiger partial charge is 0.376 e. The van der Waals surface area contributed by atoms with Crippen molar-refractivity contribution >= 4 is 17.7 Å². The van der Waals surface area contributed by atoms with Crippen LogP contribution >= 0.6 is 11.8 Å². The minimum absolute atomic E-state index is 0.0348. The summed E-state index contributed by atoms with van der Waals surface area (Å²) in [5, 5.41) is 10.2. The summed E-state index contributed by atoms with van der Waals surface area (Å²) >= 11 is 1.27. The zero-order valence-corrected chi connectivity index (χ0v) is 19.0. The van der Waals surface area contributed by atoms with E-state index in [0.717, 1.165) is 25.0 Å². The maximum Gasteiger partial charge on any atom is 0.344 e. The summed E-state index contributed by atoms with van der Waals surface area (Å²) < 4.78 is 7.19. The summed E-state index contributed by atoms with van der Waals surface area (Å²) in [5.74, 6) is 0.852. The van der Waals surface area contributed by atoms with Gasteiger partial charge in [0.2, 0.25) is 5.91 Å². The predicted octanol–water partition coefficient (Wildman–Crippen LogP) is 3.48. The van der Waals surface area contributed by atoms with Crippen LogP contribution in [0.15, 0.2) is 34.2 Å². The molecule has 0 saturated carbocycles. The number of H-pyrrole nitrogens is 1. The van der Waals surface area contributed by atoms with Gasteiger partial charge in [-0.1, -0.05) is 63.7 Å². The van der Waals surface area contributed by atoms with Gasteiger partial charge in [-0.25, -0.2) is 9.89 Å². The molecule has 8 heteroatoms. The summed E-state index contributed by atoms with van der Waals surface area (Å²) in [6.45, 7) is 9.73. The van der Waals surface area contributed by atoms with Gasteiger partial charge in [0, 0.05) is 6.61 Å². The Bertz CT molecular complexity index is 883. The Hall–Kier alpha value is -2.06. The summed E-state index contributed by atoms with van der Waals surface area (Å²) in [6.07, 6.45) is 1.98. The molecule has 1 aromatic heterocycles. The van der Waals surface area contributed by atoms with Gasteiger partial charge in [0.25, 0.3) is 0 Å². The first-order valence-electron chi connectivity index (χ1n) is 10.6. The molecular formula is C22H32N4O3S. The van der Waals surface area contributed by atoms with E-state index in [1.807, 2.05) is 0 Å². The van der Waals surface area contributed by atoms with Gasteiger partial charge in [0.05, 0.1) is 24.4 Å². The van der Waals surface area contributed by atoms with Crippen molar-refractivity contribution in [1.82, 2.24) is 20.1 Å². The monoisotopic (exact) mass is 432 g/mol. The molecule has 1 fully saturated rings. The van der Waals surface area contributed by atoms with Gasteiger partial charge in [-0.2, -0.15) is 0 Å². The van der Waals surface area contributed by atoms with Crippen molar-refractivity contribution in [2.24, 2.45) is 5.92 Å². The Kier molecular flexibility index (Phi) is 7.77. The Morgan fingerprint density at radius 3 is 2.57 bits per heavy atom. The number of thioether (sulfide) groups is 1.